The third kappa shape index (κ3) is 5.20. The van der Waals surface area contributed by atoms with Crippen molar-refractivity contribution < 1.29 is 9.53 Å². The fraction of sp³-hybridized carbons (Fsp3) is 0.0800. The number of carbonyl (C=O) groups is 1. The minimum Gasteiger partial charge on any atom is -0.457 e. The molecule has 0 aliphatic heterocycles. The summed E-state index contributed by atoms with van der Waals surface area (Å²) in [6, 6.07) is 23.6. The van der Waals surface area contributed by atoms with Gasteiger partial charge in [0.2, 0.25) is 5.91 Å². The van der Waals surface area contributed by atoms with Crippen LogP contribution in [-0.4, -0.2) is 30.5 Å². The lowest BCUT2D eigenvalue weighted by Gasteiger charge is -2.09. The molecule has 0 bridgehead atoms. The van der Waals surface area contributed by atoms with Crippen LogP contribution in [0.15, 0.2) is 90.0 Å². The summed E-state index contributed by atoms with van der Waals surface area (Å²) in [5, 5.41) is 11.4. The first kappa shape index (κ1) is 22.3. The lowest BCUT2D eigenvalue weighted by atomic mass is 10.2. The minimum atomic E-state index is -0.445. The molecule has 0 aliphatic carbocycles. The van der Waals surface area contributed by atoms with E-state index in [9.17, 15) is 9.59 Å². The normalized spacial score (nSPS) is 10.9. The summed E-state index contributed by atoms with van der Waals surface area (Å²) in [6.45, 7) is 0.169. The molecule has 1 amide bonds. The molecule has 10 heteroatoms. The van der Waals surface area contributed by atoms with E-state index in [1.807, 2.05) is 42.5 Å². The maximum absolute atomic E-state index is 12.8. The van der Waals surface area contributed by atoms with Crippen LogP contribution in [-0.2, 0) is 17.9 Å². The van der Waals surface area contributed by atoms with Crippen LogP contribution in [0.2, 0.25) is 5.02 Å². The molecular weight excluding hydrogens is 468 g/mol. The molecule has 0 spiro atoms. The quantitative estimate of drug-likeness (QED) is 0.371. The van der Waals surface area contributed by atoms with Gasteiger partial charge in [-0.1, -0.05) is 47.1 Å². The van der Waals surface area contributed by atoms with Crippen molar-refractivity contribution in [3.05, 3.63) is 106 Å². The van der Waals surface area contributed by atoms with Crippen LogP contribution in [0.3, 0.4) is 0 Å². The van der Waals surface area contributed by atoms with Gasteiger partial charge in [0, 0.05) is 10.7 Å². The van der Waals surface area contributed by atoms with Crippen molar-refractivity contribution in [2.45, 2.75) is 13.1 Å². The van der Waals surface area contributed by atoms with Gasteiger partial charge in [-0.25, -0.2) is 9.67 Å². The average Bonchev–Trinajstić information content (AvgIpc) is 3.27. The number of rotatable bonds is 7. The number of hydrogen-bond donors (Lipinski definition) is 1. The van der Waals surface area contributed by atoms with Crippen LogP contribution in [0.5, 0.6) is 11.5 Å². The summed E-state index contributed by atoms with van der Waals surface area (Å²) < 4.78 is 8.48. The Kier molecular flexibility index (Phi) is 6.23. The van der Waals surface area contributed by atoms with Gasteiger partial charge in [-0.15, -0.1) is 5.10 Å². The number of benzene rings is 3. The van der Waals surface area contributed by atoms with Crippen molar-refractivity contribution in [1.29, 1.82) is 0 Å². The summed E-state index contributed by atoms with van der Waals surface area (Å²) in [6.07, 6.45) is 1.32. The van der Waals surface area contributed by atoms with Gasteiger partial charge in [0.25, 0.3) is 5.56 Å². The predicted molar refractivity (Wildman–Crippen MR) is 132 cm³/mol. The molecular formula is C25H19ClN6O3. The van der Waals surface area contributed by atoms with Crippen LogP contribution < -0.4 is 15.6 Å². The maximum atomic E-state index is 12.8. The molecule has 1 N–H and O–H groups in total. The van der Waals surface area contributed by atoms with Crippen molar-refractivity contribution in [2.75, 3.05) is 5.32 Å². The van der Waals surface area contributed by atoms with Crippen molar-refractivity contribution >= 4 is 34.4 Å². The summed E-state index contributed by atoms with van der Waals surface area (Å²) in [5.74, 6) is 0.983. The summed E-state index contributed by atoms with van der Waals surface area (Å²) in [4.78, 5) is 29.7. The Bertz CT molecular complexity index is 1530. The van der Waals surface area contributed by atoms with Gasteiger partial charge < -0.3 is 10.1 Å². The molecule has 2 heterocycles. The van der Waals surface area contributed by atoms with E-state index in [-0.39, 0.29) is 18.0 Å². The number of nitrogens with one attached hydrogen (secondary N) is 1. The standard InChI is InChI=1S/C25H19ClN6O3/c26-18-8-6-17(7-9-18)14-32-24-23(29-30-32)25(34)31(16-27-24)15-22(33)28-19-10-12-21(13-11-19)35-20-4-2-1-3-5-20/h1-13,16H,14-15H2,(H,28,33). The number of ether oxygens (including phenoxy) is 1. The second-order valence-electron chi connectivity index (χ2n) is 7.71. The SMILES string of the molecule is O=C(Cn1cnc2c(nnn2Cc2ccc(Cl)cc2)c1=O)Nc1ccc(Oc2ccccc2)cc1. The molecule has 0 saturated carbocycles. The molecule has 0 aliphatic rings. The van der Waals surface area contributed by atoms with E-state index in [1.165, 1.54) is 15.6 Å². The number of carbonyl (C=O) groups excluding carboxylic acids is 1. The maximum Gasteiger partial charge on any atom is 0.283 e. The number of amides is 1. The van der Waals surface area contributed by atoms with Gasteiger partial charge in [-0.3, -0.25) is 14.2 Å². The number of fused-ring (bicyclic) bond motifs is 1. The first-order chi connectivity index (χ1) is 17.0. The number of anilines is 1. The Morgan fingerprint density at radius 2 is 1.66 bits per heavy atom. The predicted octanol–water partition coefficient (Wildman–Crippen LogP) is 4.12. The zero-order valence-electron chi connectivity index (χ0n) is 18.3. The van der Waals surface area contributed by atoms with Gasteiger partial charge in [0.1, 0.15) is 24.4 Å². The zero-order valence-corrected chi connectivity index (χ0v) is 19.1. The Labute approximate surface area is 204 Å². The molecule has 0 saturated heterocycles. The molecule has 0 atom stereocenters. The molecule has 35 heavy (non-hydrogen) atoms. The number of hydrogen-bond acceptors (Lipinski definition) is 6. The van der Waals surface area contributed by atoms with Crippen LogP contribution in [0.1, 0.15) is 5.56 Å². The first-order valence-electron chi connectivity index (χ1n) is 10.7. The third-order valence-electron chi connectivity index (χ3n) is 5.17. The largest absolute Gasteiger partial charge is 0.457 e. The van der Waals surface area contributed by atoms with Gasteiger partial charge >= 0.3 is 0 Å². The Balaban J connectivity index is 1.25. The highest BCUT2D eigenvalue weighted by Gasteiger charge is 2.14. The van der Waals surface area contributed by atoms with Gasteiger partial charge in [0.05, 0.1) is 6.54 Å². The molecule has 5 aromatic rings. The van der Waals surface area contributed by atoms with Gasteiger partial charge in [0.15, 0.2) is 11.2 Å². The highest BCUT2D eigenvalue weighted by atomic mass is 35.5. The van der Waals surface area contributed by atoms with E-state index in [0.29, 0.717) is 28.7 Å². The Morgan fingerprint density at radius 3 is 2.40 bits per heavy atom. The van der Waals surface area contributed by atoms with Crippen molar-refractivity contribution in [1.82, 2.24) is 24.5 Å². The molecule has 0 unspecified atom stereocenters. The van der Waals surface area contributed by atoms with Crippen molar-refractivity contribution in [2.24, 2.45) is 0 Å². The van der Waals surface area contributed by atoms with Crippen molar-refractivity contribution in [3.63, 3.8) is 0 Å². The summed E-state index contributed by atoms with van der Waals surface area (Å²) >= 11 is 5.93. The van der Waals surface area contributed by atoms with Crippen LogP contribution in [0.25, 0.3) is 11.2 Å². The van der Waals surface area contributed by atoms with Crippen LogP contribution in [0.4, 0.5) is 5.69 Å². The van der Waals surface area contributed by atoms with Gasteiger partial charge in [-0.05, 0) is 54.1 Å². The molecule has 3 aromatic carbocycles. The number of aromatic nitrogens is 5. The van der Waals surface area contributed by atoms with E-state index >= 15 is 0 Å². The molecule has 5 rings (SSSR count). The second kappa shape index (κ2) is 9.78. The average molecular weight is 487 g/mol. The van der Waals surface area contributed by atoms with E-state index in [0.717, 1.165) is 11.3 Å². The Morgan fingerprint density at radius 1 is 0.943 bits per heavy atom. The van der Waals surface area contributed by atoms with E-state index < -0.39 is 5.56 Å². The van der Waals surface area contributed by atoms with Crippen molar-refractivity contribution in [3.8, 4) is 11.5 Å². The molecule has 2 aromatic heterocycles. The van der Waals surface area contributed by atoms with E-state index in [4.69, 9.17) is 16.3 Å². The highest BCUT2D eigenvalue weighted by molar-refractivity contribution is 6.30. The minimum absolute atomic E-state index is 0.0941. The molecule has 0 fully saturated rings. The summed E-state index contributed by atoms with van der Waals surface area (Å²) in [7, 11) is 0. The molecule has 174 valence electrons. The zero-order chi connectivity index (χ0) is 24.2. The lowest BCUT2D eigenvalue weighted by Crippen LogP contribution is -2.28. The van der Waals surface area contributed by atoms with E-state index in [2.05, 4.69) is 20.6 Å². The molecule has 0 radical (unpaired) electrons. The first-order valence-corrected chi connectivity index (χ1v) is 11.1. The second-order valence-corrected chi connectivity index (χ2v) is 8.15. The van der Waals surface area contributed by atoms with Gasteiger partial charge in [-0.2, -0.15) is 0 Å². The fourth-order valence-corrected chi connectivity index (χ4v) is 3.58. The number of halogens is 1. The monoisotopic (exact) mass is 486 g/mol. The number of para-hydroxylation sites is 1. The third-order valence-corrected chi connectivity index (χ3v) is 5.42. The highest BCUT2D eigenvalue weighted by Crippen LogP contribution is 2.22. The summed E-state index contributed by atoms with van der Waals surface area (Å²) in [5.41, 5.74) is 1.50. The van der Waals surface area contributed by atoms with Crippen LogP contribution in [0, 0.1) is 0 Å². The smallest absolute Gasteiger partial charge is 0.283 e. The molecule has 9 nitrogen and oxygen atoms in total. The van der Waals surface area contributed by atoms with Crippen LogP contribution >= 0.6 is 11.6 Å². The Hall–Kier alpha value is -4.50. The lowest BCUT2D eigenvalue weighted by molar-refractivity contribution is -0.116. The number of nitrogens with zero attached hydrogens (tertiary/aromatic N) is 5. The fourth-order valence-electron chi connectivity index (χ4n) is 3.46. The van der Waals surface area contributed by atoms with E-state index in [1.54, 1.807) is 36.4 Å². The topological polar surface area (TPSA) is 104 Å².